The number of carbonyl (C=O) groups is 4. The lowest BCUT2D eigenvalue weighted by Crippen LogP contribution is -2.68. The van der Waals surface area contributed by atoms with Crippen LogP contribution in [-0.2, 0) is 54.6 Å². The largest absolute Gasteiger partial charge is 0.508 e. The van der Waals surface area contributed by atoms with Crippen LogP contribution in [0.3, 0.4) is 0 Å². The van der Waals surface area contributed by atoms with E-state index in [1.807, 2.05) is 52.0 Å². The van der Waals surface area contributed by atoms with Gasteiger partial charge in [-0.05, 0) is 90.4 Å². The number of rotatable bonds is 11. The number of hydrazine groups is 2. The second-order valence-electron chi connectivity index (χ2n) is 18.4. The molecule has 3 atom stereocenters. The molecule has 342 valence electrons. The fourth-order valence-electron chi connectivity index (χ4n) is 9.38. The summed E-state index contributed by atoms with van der Waals surface area (Å²) in [5.41, 5.74) is 10.0. The zero-order valence-corrected chi connectivity index (χ0v) is 37.9. The Morgan fingerprint density at radius 3 is 2.61 bits per heavy atom. The van der Waals surface area contributed by atoms with Crippen molar-refractivity contribution in [3.8, 4) is 28.1 Å². The average molecular weight is 879 g/mol. The lowest BCUT2D eigenvalue weighted by Gasteiger charge is -2.43. The third kappa shape index (κ3) is 9.56. The number of phenolic OH excluding ortho intramolecular Hbond substituents is 1. The summed E-state index contributed by atoms with van der Waals surface area (Å²) in [6.07, 6.45) is 3.73. The first-order valence-electron chi connectivity index (χ1n) is 22.1. The van der Waals surface area contributed by atoms with Crippen LogP contribution in [0, 0.1) is 11.3 Å². The third-order valence-electron chi connectivity index (χ3n) is 12.4. The van der Waals surface area contributed by atoms with Gasteiger partial charge < -0.3 is 34.5 Å². The first-order valence-corrected chi connectivity index (χ1v) is 22.1. The molecule has 3 aliphatic rings. The molecule has 16 nitrogen and oxygen atoms in total. The Hall–Kier alpha value is -5.65. The summed E-state index contributed by atoms with van der Waals surface area (Å²) in [6, 6.07) is 13.3. The number of pyridine rings is 1. The number of amides is 3. The fourth-order valence-corrected chi connectivity index (χ4v) is 9.38. The second-order valence-corrected chi connectivity index (χ2v) is 18.4. The first-order chi connectivity index (χ1) is 30.4. The number of aliphatic hydroxyl groups is 1. The summed E-state index contributed by atoms with van der Waals surface area (Å²) in [5.74, 6) is -2.33. The highest BCUT2D eigenvalue weighted by Gasteiger charge is 2.45. The maximum Gasteiger partial charge on any atom is 0.355 e. The van der Waals surface area contributed by atoms with Crippen LogP contribution < -0.4 is 16.2 Å². The number of carbonyl (C=O) groups excluding carboxylic acids is 4. The molecule has 16 heteroatoms. The van der Waals surface area contributed by atoms with Gasteiger partial charge in [-0.3, -0.25) is 24.4 Å². The number of nitrogens with one attached hydrogen (secondary N) is 3. The number of aryl methyl sites for hydroxylation is 1. The van der Waals surface area contributed by atoms with E-state index in [0.29, 0.717) is 43.8 Å². The highest BCUT2D eigenvalue weighted by molar-refractivity contribution is 5.96. The molecule has 7 rings (SSSR count). The molecule has 5 heterocycles. The van der Waals surface area contributed by atoms with Gasteiger partial charge in [0.2, 0.25) is 17.5 Å². The van der Waals surface area contributed by atoms with E-state index in [1.54, 1.807) is 42.4 Å². The second kappa shape index (κ2) is 18.8. The van der Waals surface area contributed by atoms with Crippen LogP contribution in [-0.4, -0.2) is 123 Å². The van der Waals surface area contributed by atoms with Gasteiger partial charge in [0.1, 0.15) is 17.8 Å². The monoisotopic (exact) mass is 878 g/mol. The van der Waals surface area contributed by atoms with Crippen molar-refractivity contribution in [3.63, 3.8) is 0 Å². The summed E-state index contributed by atoms with van der Waals surface area (Å²) in [5, 5.41) is 30.0. The van der Waals surface area contributed by atoms with Crippen LogP contribution in [0.25, 0.3) is 33.3 Å². The number of aromatic hydroxyl groups is 1. The highest BCUT2D eigenvalue weighted by Crippen LogP contribution is 2.41. The Balaban J connectivity index is 1.31. The van der Waals surface area contributed by atoms with Crippen molar-refractivity contribution in [2.45, 2.75) is 97.3 Å². The summed E-state index contributed by atoms with van der Waals surface area (Å²) < 4.78 is 13.8. The van der Waals surface area contributed by atoms with Crippen molar-refractivity contribution in [1.29, 1.82) is 0 Å². The van der Waals surface area contributed by atoms with Crippen molar-refractivity contribution in [3.05, 3.63) is 84.2 Å². The molecule has 0 unspecified atom stereocenters. The Morgan fingerprint density at radius 1 is 1.14 bits per heavy atom. The first kappa shape index (κ1) is 46.3. The molecule has 6 bridgehead atoms. The number of hydrogen-bond donors (Lipinski definition) is 5. The molecule has 0 aliphatic carbocycles. The van der Waals surface area contributed by atoms with Gasteiger partial charge in [0.25, 0.3) is 5.91 Å². The van der Waals surface area contributed by atoms with Crippen molar-refractivity contribution in [2.24, 2.45) is 11.3 Å². The number of nitrogens with zero attached hydrogens (tertiary/aromatic N) is 5. The van der Waals surface area contributed by atoms with Gasteiger partial charge in [-0.15, -0.1) is 0 Å². The summed E-state index contributed by atoms with van der Waals surface area (Å²) >= 11 is 0. The minimum Gasteiger partial charge on any atom is -0.508 e. The zero-order valence-electron chi connectivity index (χ0n) is 37.9. The number of methoxy groups -OCH3 is 1. The molecule has 5 N–H and O–H groups in total. The molecule has 3 aliphatic heterocycles. The molecule has 2 saturated heterocycles. The van der Waals surface area contributed by atoms with Gasteiger partial charge in [-0.2, -0.15) is 5.43 Å². The minimum absolute atomic E-state index is 0.00788. The quantitative estimate of drug-likeness (QED) is 0.0827. The predicted octanol–water partition coefficient (Wildman–Crippen LogP) is 4.07. The molecule has 0 saturated carbocycles. The average Bonchev–Trinajstić information content (AvgIpc) is 3.54. The number of ether oxygens (including phenoxy) is 2. The molecule has 0 spiro atoms. The van der Waals surface area contributed by atoms with Crippen molar-refractivity contribution in [1.82, 2.24) is 40.6 Å². The van der Waals surface area contributed by atoms with Gasteiger partial charge in [0.15, 0.2) is 0 Å². The number of fused-ring (bicyclic) bond motifs is 6. The van der Waals surface area contributed by atoms with Gasteiger partial charge in [-0.25, -0.2) is 15.2 Å². The molecule has 64 heavy (non-hydrogen) atoms. The smallest absolute Gasteiger partial charge is 0.355 e. The SMILES string of the molecule is C=CC(=O)N1CC(NN(C)[C@H](C(=O)N[C@H]2Cc3cc(O)cc(c3)-c3ccc4c(c3)c(c(-c3cccnc3COC)n4CC)CC(C)(C)COC(=O)[C@@]3(O)CCCN(N3)C2=O)C(C)C)C1. The number of aromatic nitrogens is 2. The van der Waals surface area contributed by atoms with E-state index in [-0.39, 0.29) is 56.0 Å². The summed E-state index contributed by atoms with van der Waals surface area (Å²) in [4.78, 5) is 61.4. The van der Waals surface area contributed by atoms with E-state index in [0.717, 1.165) is 39.0 Å². The predicted molar refractivity (Wildman–Crippen MR) is 242 cm³/mol. The molecule has 2 aromatic carbocycles. The maximum atomic E-state index is 14.7. The Kier molecular flexibility index (Phi) is 13.6. The van der Waals surface area contributed by atoms with Crippen LogP contribution in [0.15, 0.2) is 67.4 Å². The molecule has 3 amide bonds. The highest BCUT2D eigenvalue weighted by atomic mass is 16.6. The normalized spacial score (nSPS) is 21.1. The van der Waals surface area contributed by atoms with Crippen molar-refractivity contribution < 1.29 is 38.9 Å². The van der Waals surface area contributed by atoms with Gasteiger partial charge in [0.05, 0.1) is 30.6 Å². The van der Waals surface area contributed by atoms with E-state index in [2.05, 4.69) is 46.4 Å². The number of cyclic esters (lactones) is 1. The molecule has 0 radical (unpaired) electrons. The molecular weight excluding hydrogens is 817 g/mol. The van der Waals surface area contributed by atoms with E-state index in [1.165, 1.54) is 11.1 Å². The Morgan fingerprint density at radius 2 is 1.91 bits per heavy atom. The van der Waals surface area contributed by atoms with Crippen LogP contribution in [0.4, 0.5) is 0 Å². The summed E-state index contributed by atoms with van der Waals surface area (Å²) in [6.45, 7) is 15.4. The number of likely N-dealkylation sites (tertiary alicyclic amines) is 1. The molecule has 4 aromatic rings. The standard InChI is InChI=1S/C48H62N8O8/c1-9-41(58)54-25-33(26-54)51-53(7)42(29(3)4)44(59)50-38-21-30-19-32(22-34(57)20-30)31-14-15-40-36(23-31)37(43(55(40)10-2)35-13-11-17-49-39(35)27-63-8)24-47(5,6)28-64-46(61)48(62)16-12-18-56(52-48)45(38)60/h9,11,13-15,17,19-20,22-23,29,33,38,42,51-52,57,62H,1,10,12,16,18,21,24-28H2,2-8H3,(H,50,59)/t38-,42-,48-/m0/s1. The third-order valence-corrected chi connectivity index (χ3v) is 12.4. The van der Waals surface area contributed by atoms with Crippen molar-refractivity contribution in [2.75, 3.05) is 40.4 Å². The Bertz CT molecular complexity index is 2430. The number of esters is 1. The van der Waals surface area contributed by atoms with E-state index in [9.17, 15) is 29.4 Å². The number of phenols is 1. The van der Waals surface area contributed by atoms with Crippen LogP contribution in [0.1, 0.15) is 64.3 Å². The number of benzene rings is 2. The summed E-state index contributed by atoms with van der Waals surface area (Å²) in [7, 11) is 3.39. The van der Waals surface area contributed by atoms with Gasteiger partial charge >= 0.3 is 5.97 Å². The lowest BCUT2D eigenvalue weighted by molar-refractivity contribution is -0.189. The minimum atomic E-state index is -2.22. The van der Waals surface area contributed by atoms with E-state index >= 15 is 0 Å². The molecule has 2 fully saturated rings. The maximum absolute atomic E-state index is 14.7. The molecule has 2 aromatic heterocycles. The fraction of sp³-hybridized carbons (Fsp3) is 0.479. The molecular formula is C48H62N8O8. The topological polar surface area (TPSA) is 191 Å². The van der Waals surface area contributed by atoms with Crippen molar-refractivity contribution >= 4 is 34.6 Å². The van der Waals surface area contributed by atoms with Crippen LogP contribution in [0.2, 0.25) is 0 Å². The number of hydrogen-bond acceptors (Lipinski definition) is 12. The zero-order chi connectivity index (χ0) is 46.1. The van der Waals surface area contributed by atoms with Crippen LogP contribution >= 0.6 is 0 Å². The van der Waals surface area contributed by atoms with E-state index in [4.69, 9.17) is 14.5 Å². The Labute approximate surface area is 374 Å². The van der Waals surface area contributed by atoms with Gasteiger partial charge in [0, 0.05) is 81.3 Å². The van der Waals surface area contributed by atoms with Gasteiger partial charge in [-0.1, -0.05) is 46.4 Å². The van der Waals surface area contributed by atoms with E-state index < -0.39 is 41.0 Å². The van der Waals surface area contributed by atoms with Crippen LogP contribution in [0.5, 0.6) is 5.75 Å². The number of likely N-dealkylation sites (N-methyl/N-ethyl adjacent to an activating group) is 1. The lowest BCUT2D eigenvalue weighted by atomic mass is 9.84.